The Bertz CT molecular complexity index is 1940. The Hall–Kier alpha value is -4.93. The van der Waals surface area contributed by atoms with E-state index in [1.165, 1.54) is 0 Å². The number of aliphatic hydroxyl groups is 1. The SMILES string of the molecule is CCCOc1ccc2cc(C3(c4ccc5c(C)c(OCCO)ccc5c4)c4ccccc4C(=O)c4ccccc43)ccc2c1C. The molecule has 0 unspecified atom stereocenters. The van der Waals surface area contributed by atoms with E-state index in [4.69, 9.17) is 9.47 Å². The highest BCUT2D eigenvalue weighted by Gasteiger charge is 2.46. The van der Waals surface area contributed by atoms with Crippen LogP contribution in [0.5, 0.6) is 11.5 Å². The Balaban J connectivity index is 1.53. The maximum absolute atomic E-state index is 14.0. The second-order valence-corrected chi connectivity index (χ2v) is 11.8. The zero-order valence-corrected chi connectivity index (χ0v) is 25.9. The smallest absolute Gasteiger partial charge is 0.193 e. The van der Waals surface area contributed by atoms with Gasteiger partial charge in [-0.2, -0.15) is 0 Å². The highest BCUT2D eigenvalue weighted by atomic mass is 16.5. The molecule has 6 aromatic rings. The monoisotopic (exact) mass is 592 g/mol. The van der Waals surface area contributed by atoms with Crippen molar-refractivity contribution in [2.45, 2.75) is 32.6 Å². The molecule has 0 radical (unpaired) electrons. The number of aryl methyl sites for hydroxylation is 2. The van der Waals surface area contributed by atoms with Crippen LogP contribution in [0.4, 0.5) is 0 Å². The number of carbonyl (C=O) groups is 1. The summed E-state index contributed by atoms with van der Waals surface area (Å²) in [6.07, 6.45) is 0.957. The lowest BCUT2D eigenvalue weighted by Gasteiger charge is -2.42. The average Bonchev–Trinajstić information content (AvgIpc) is 3.08. The van der Waals surface area contributed by atoms with Crippen molar-refractivity contribution in [3.05, 3.63) is 154 Å². The van der Waals surface area contributed by atoms with Crippen molar-refractivity contribution in [2.75, 3.05) is 19.8 Å². The van der Waals surface area contributed by atoms with E-state index in [0.29, 0.717) is 6.61 Å². The average molecular weight is 593 g/mol. The normalized spacial score (nSPS) is 13.5. The number of ketones is 1. The first-order chi connectivity index (χ1) is 22.0. The van der Waals surface area contributed by atoms with Crippen molar-refractivity contribution < 1.29 is 19.4 Å². The predicted octanol–water partition coefficient (Wildman–Crippen LogP) is 8.70. The molecule has 1 aliphatic carbocycles. The third kappa shape index (κ3) is 4.51. The van der Waals surface area contributed by atoms with Crippen LogP contribution in [0, 0.1) is 13.8 Å². The van der Waals surface area contributed by atoms with Crippen LogP contribution < -0.4 is 9.47 Å². The number of hydrogen-bond donors (Lipinski definition) is 1. The van der Waals surface area contributed by atoms with Gasteiger partial charge in [0.1, 0.15) is 18.1 Å². The van der Waals surface area contributed by atoms with Crippen molar-refractivity contribution in [3.63, 3.8) is 0 Å². The van der Waals surface area contributed by atoms with Crippen molar-refractivity contribution >= 4 is 27.3 Å². The molecule has 0 spiro atoms. The van der Waals surface area contributed by atoms with Crippen LogP contribution in [0.25, 0.3) is 21.5 Å². The van der Waals surface area contributed by atoms with E-state index in [0.717, 1.165) is 84.0 Å². The highest BCUT2D eigenvalue weighted by molar-refractivity contribution is 6.14. The molecule has 0 saturated heterocycles. The topological polar surface area (TPSA) is 55.8 Å². The lowest BCUT2D eigenvalue weighted by atomic mass is 9.59. The molecule has 0 atom stereocenters. The summed E-state index contributed by atoms with van der Waals surface area (Å²) in [6, 6.07) is 37.8. The molecule has 0 saturated carbocycles. The number of hydrogen-bond acceptors (Lipinski definition) is 4. The fourth-order valence-corrected chi connectivity index (χ4v) is 7.17. The predicted molar refractivity (Wildman–Crippen MR) is 181 cm³/mol. The number of rotatable bonds is 8. The fraction of sp³-hybridized carbons (Fsp3) is 0.195. The van der Waals surface area contributed by atoms with Gasteiger partial charge >= 0.3 is 0 Å². The molecule has 7 rings (SSSR count). The minimum Gasteiger partial charge on any atom is -0.493 e. The van der Waals surface area contributed by atoms with Gasteiger partial charge in [-0.3, -0.25) is 4.79 Å². The second kappa shape index (κ2) is 11.5. The molecule has 4 heteroatoms. The van der Waals surface area contributed by atoms with Crippen molar-refractivity contribution in [2.24, 2.45) is 0 Å². The third-order valence-electron chi connectivity index (χ3n) is 9.31. The molecule has 6 aromatic carbocycles. The van der Waals surface area contributed by atoms with Crippen molar-refractivity contribution in [1.29, 1.82) is 0 Å². The minimum absolute atomic E-state index is 0.0329. The number of carbonyl (C=O) groups excluding carboxylic acids is 1. The number of fused-ring (bicyclic) bond motifs is 4. The molecule has 45 heavy (non-hydrogen) atoms. The van der Waals surface area contributed by atoms with Gasteiger partial charge in [0.25, 0.3) is 0 Å². The molecule has 0 aromatic heterocycles. The summed E-state index contributed by atoms with van der Waals surface area (Å²) in [5.74, 6) is 1.73. The van der Waals surface area contributed by atoms with Gasteiger partial charge in [0.15, 0.2) is 5.78 Å². The molecule has 0 aliphatic heterocycles. The van der Waals surface area contributed by atoms with Crippen LogP contribution in [-0.4, -0.2) is 30.7 Å². The maximum atomic E-state index is 14.0. The summed E-state index contributed by atoms with van der Waals surface area (Å²) in [5.41, 5.74) is 7.00. The molecular weight excluding hydrogens is 556 g/mol. The maximum Gasteiger partial charge on any atom is 0.193 e. The van der Waals surface area contributed by atoms with Gasteiger partial charge in [-0.05, 0) is 99.5 Å². The Kier molecular flexibility index (Phi) is 7.39. The van der Waals surface area contributed by atoms with E-state index < -0.39 is 5.41 Å². The zero-order valence-electron chi connectivity index (χ0n) is 25.9. The van der Waals surface area contributed by atoms with Crippen molar-refractivity contribution in [3.8, 4) is 11.5 Å². The standard InChI is InChI=1S/C41H36O4/c1-4-22-44-38-19-13-28-24-30(15-17-32(28)26(38)2)41(31-16-18-33-27(3)39(45-23-21-42)20-14-29(33)25-31)36-11-7-5-9-34(36)40(43)35-10-6-8-12-37(35)41/h5-20,24-25,42H,4,21-23H2,1-3H3. The molecule has 0 amide bonds. The molecule has 224 valence electrons. The van der Waals surface area contributed by atoms with Crippen LogP contribution in [0.3, 0.4) is 0 Å². The first-order valence-corrected chi connectivity index (χ1v) is 15.7. The Morgan fingerprint density at radius 3 is 1.60 bits per heavy atom. The Morgan fingerprint density at radius 2 is 1.11 bits per heavy atom. The van der Waals surface area contributed by atoms with Crippen LogP contribution in [0.2, 0.25) is 0 Å². The minimum atomic E-state index is -0.741. The first kappa shape index (κ1) is 28.8. The lowest BCUT2D eigenvalue weighted by Crippen LogP contribution is -2.38. The highest BCUT2D eigenvalue weighted by Crippen LogP contribution is 2.52. The molecule has 4 nitrogen and oxygen atoms in total. The first-order valence-electron chi connectivity index (χ1n) is 15.7. The summed E-state index contributed by atoms with van der Waals surface area (Å²) in [7, 11) is 0. The van der Waals surface area contributed by atoms with Crippen LogP contribution in [-0.2, 0) is 5.41 Å². The second-order valence-electron chi connectivity index (χ2n) is 11.8. The molecule has 0 fully saturated rings. The fourth-order valence-electron chi connectivity index (χ4n) is 7.17. The summed E-state index contributed by atoms with van der Waals surface area (Å²) >= 11 is 0. The van der Waals surface area contributed by atoms with Crippen LogP contribution in [0.15, 0.2) is 109 Å². The van der Waals surface area contributed by atoms with Gasteiger partial charge in [-0.25, -0.2) is 0 Å². The van der Waals surface area contributed by atoms with Crippen LogP contribution in [0.1, 0.15) is 62.6 Å². The molecule has 1 N–H and O–H groups in total. The van der Waals surface area contributed by atoms with E-state index >= 15 is 0 Å². The van der Waals surface area contributed by atoms with E-state index in [2.05, 4.69) is 87.5 Å². The van der Waals surface area contributed by atoms with Gasteiger partial charge < -0.3 is 14.6 Å². The summed E-state index contributed by atoms with van der Waals surface area (Å²) in [4.78, 5) is 14.0. The Labute approximate surface area is 263 Å². The van der Waals surface area contributed by atoms with Gasteiger partial charge in [-0.1, -0.05) is 91.9 Å². The quantitative estimate of drug-likeness (QED) is 0.192. The third-order valence-corrected chi connectivity index (χ3v) is 9.31. The van der Waals surface area contributed by atoms with Gasteiger partial charge in [0, 0.05) is 11.1 Å². The van der Waals surface area contributed by atoms with E-state index in [1.807, 2.05) is 42.5 Å². The van der Waals surface area contributed by atoms with Gasteiger partial charge in [-0.15, -0.1) is 0 Å². The number of aliphatic hydroxyl groups excluding tert-OH is 1. The molecule has 0 heterocycles. The van der Waals surface area contributed by atoms with Gasteiger partial charge in [0.2, 0.25) is 0 Å². The summed E-state index contributed by atoms with van der Waals surface area (Å²) in [6.45, 7) is 7.20. The summed E-state index contributed by atoms with van der Waals surface area (Å²) in [5, 5.41) is 13.8. The Morgan fingerprint density at radius 1 is 0.622 bits per heavy atom. The molecular formula is C41H36O4. The van der Waals surface area contributed by atoms with E-state index in [-0.39, 0.29) is 19.0 Å². The van der Waals surface area contributed by atoms with Gasteiger partial charge in [0.05, 0.1) is 18.6 Å². The zero-order chi connectivity index (χ0) is 31.1. The van der Waals surface area contributed by atoms with E-state index in [1.54, 1.807) is 0 Å². The lowest BCUT2D eigenvalue weighted by molar-refractivity contribution is 0.103. The van der Waals surface area contributed by atoms with E-state index in [9.17, 15) is 9.90 Å². The number of benzene rings is 6. The molecule has 0 bridgehead atoms. The largest absolute Gasteiger partial charge is 0.493 e. The van der Waals surface area contributed by atoms with Crippen LogP contribution >= 0.6 is 0 Å². The number of ether oxygens (including phenoxy) is 2. The molecule has 1 aliphatic rings. The van der Waals surface area contributed by atoms with Crippen molar-refractivity contribution in [1.82, 2.24) is 0 Å². The summed E-state index contributed by atoms with van der Waals surface area (Å²) < 4.78 is 11.9.